The molecular formula is C15H22BrClN2O2. The molecule has 0 bridgehead atoms. The number of nitrogens with two attached hydrogens (primary N) is 1. The number of amides is 1. The van der Waals surface area contributed by atoms with Gasteiger partial charge in [-0.05, 0) is 59.8 Å². The van der Waals surface area contributed by atoms with E-state index in [2.05, 4.69) is 21.2 Å². The molecule has 1 aromatic carbocycles. The van der Waals surface area contributed by atoms with Gasteiger partial charge in [0.15, 0.2) is 0 Å². The molecule has 0 saturated heterocycles. The molecule has 6 heteroatoms. The lowest BCUT2D eigenvalue weighted by atomic mass is 10.0. The van der Waals surface area contributed by atoms with Gasteiger partial charge in [-0.25, -0.2) is 0 Å². The maximum absolute atomic E-state index is 12.2. The molecule has 1 amide bonds. The molecule has 1 aromatic rings. The summed E-state index contributed by atoms with van der Waals surface area (Å²) in [5, 5.41) is 3.07. The van der Waals surface area contributed by atoms with E-state index in [1.54, 1.807) is 7.11 Å². The van der Waals surface area contributed by atoms with E-state index in [-0.39, 0.29) is 36.3 Å². The van der Waals surface area contributed by atoms with Crippen LogP contribution in [0.4, 0.5) is 0 Å². The predicted molar refractivity (Wildman–Crippen MR) is 89.8 cm³/mol. The molecule has 1 fully saturated rings. The topological polar surface area (TPSA) is 64.3 Å². The molecule has 3 unspecified atom stereocenters. The first-order chi connectivity index (χ1) is 9.51. The van der Waals surface area contributed by atoms with E-state index >= 15 is 0 Å². The number of ether oxygens (including phenoxy) is 1. The number of carbonyl (C=O) groups is 1. The summed E-state index contributed by atoms with van der Waals surface area (Å²) >= 11 is 3.46. The highest BCUT2D eigenvalue weighted by molar-refractivity contribution is 9.10. The van der Waals surface area contributed by atoms with Crippen LogP contribution in [0.5, 0.6) is 5.75 Å². The van der Waals surface area contributed by atoms with Crippen molar-refractivity contribution in [1.82, 2.24) is 5.32 Å². The summed E-state index contributed by atoms with van der Waals surface area (Å²) in [7, 11) is 1.63. The van der Waals surface area contributed by atoms with Crippen LogP contribution >= 0.6 is 28.3 Å². The van der Waals surface area contributed by atoms with Gasteiger partial charge in [-0.2, -0.15) is 0 Å². The van der Waals surface area contributed by atoms with Crippen LogP contribution < -0.4 is 15.8 Å². The van der Waals surface area contributed by atoms with Crippen molar-refractivity contribution in [3.05, 3.63) is 28.2 Å². The molecule has 118 valence electrons. The average Bonchev–Trinajstić information content (AvgIpc) is 2.85. The lowest BCUT2D eigenvalue weighted by Crippen LogP contribution is -2.32. The maximum atomic E-state index is 12.2. The Hall–Kier alpha value is -0.780. The van der Waals surface area contributed by atoms with Gasteiger partial charge >= 0.3 is 0 Å². The van der Waals surface area contributed by atoms with E-state index in [0.29, 0.717) is 0 Å². The zero-order valence-electron chi connectivity index (χ0n) is 12.3. The third kappa shape index (κ3) is 4.59. The molecule has 2 rings (SSSR count). The highest BCUT2D eigenvalue weighted by Gasteiger charge is 2.28. The summed E-state index contributed by atoms with van der Waals surface area (Å²) in [6.07, 6.45) is 2.64. The van der Waals surface area contributed by atoms with Crippen molar-refractivity contribution in [2.75, 3.05) is 7.11 Å². The van der Waals surface area contributed by atoms with Crippen LogP contribution in [-0.2, 0) is 4.79 Å². The number of rotatable bonds is 4. The van der Waals surface area contributed by atoms with Crippen molar-refractivity contribution in [2.45, 2.75) is 38.3 Å². The third-order valence-electron chi connectivity index (χ3n) is 3.88. The first-order valence-electron chi connectivity index (χ1n) is 6.90. The van der Waals surface area contributed by atoms with Crippen molar-refractivity contribution in [2.24, 2.45) is 11.7 Å². The standard InChI is InChI=1S/C15H21BrN2O2.ClH/c1-9(10-4-6-14(20-2)13(16)8-10)18-15(19)11-3-5-12(17)7-11;/h4,6,8-9,11-12H,3,5,7,17H2,1-2H3,(H,18,19);1H. The monoisotopic (exact) mass is 376 g/mol. The molecule has 0 aromatic heterocycles. The van der Waals surface area contributed by atoms with E-state index in [9.17, 15) is 4.79 Å². The van der Waals surface area contributed by atoms with E-state index < -0.39 is 0 Å². The predicted octanol–water partition coefficient (Wildman–Crippen LogP) is 3.18. The first-order valence-corrected chi connectivity index (χ1v) is 7.70. The summed E-state index contributed by atoms with van der Waals surface area (Å²) in [6.45, 7) is 1.99. The fourth-order valence-corrected chi connectivity index (χ4v) is 3.18. The number of benzene rings is 1. The number of hydrogen-bond donors (Lipinski definition) is 2. The Morgan fingerprint density at radius 1 is 1.48 bits per heavy atom. The fourth-order valence-electron chi connectivity index (χ4n) is 2.62. The second-order valence-corrected chi connectivity index (χ2v) is 6.25. The molecule has 21 heavy (non-hydrogen) atoms. The van der Waals surface area contributed by atoms with Gasteiger partial charge < -0.3 is 15.8 Å². The minimum atomic E-state index is -0.0264. The average molecular weight is 378 g/mol. The van der Waals surface area contributed by atoms with Gasteiger partial charge in [0.2, 0.25) is 5.91 Å². The lowest BCUT2D eigenvalue weighted by molar-refractivity contribution is -0.125. The molecule has 4 nitrogen and oxygen atoms in total. The van der Waals surface area contributed by atoms with Gasteiger partial charge in [0, 0.05) is 12.0 Å². The smallest absolute Gasteiger partial charge is 0.223 e. The van der Waals surface area contributed by atoms with Crippen molar-refractivity contribution >= 4 is 34.2 Å². The van der Waals surface area contributed by atoms with Gasteiger partial charge in [-0.3, -0.25) is 4.79 Å². The quantitative estimate of drug-likeness (QED) is 0.847. The Balaban J connectivity index is 0.00000220. The Bertz CT molecular complexity index is 499. The van der Waals surface area contributed by atoms with Crippen molar-refractivity contribution in [1.29, 1.82) is 0 Å². The number of carbonyl (C=O) groups excluding carboxylic acids is 1. The number of nitrogens with one attached hydrogen (secondary N) is 1. The van der Waals surface area contributed by atoms with E-state index in [1.807, 2.05) is 25.1 Å². The van der Waals surface area contributed by atoms with Crippen LogP contribution in [0.1, 0.15) is 37.8 Å². The SMILES string of the molecule is COc1ccc(C(C)NC(=O)C2CCC(N)C2)cc1Br.Cl. The normalized spacial score (nSPS) is 22.3. The Morgan fingerprint density at radius 3 is 2.71 bits per heavy atom. The molecule has 1 aliphatic rings. The van der Waals surface area contributed by atoms with Crippen LogP contribution in [0.15, 0.2) is 22.7 Å². The summed E-state index contributed by atoms with van der Waals surface area (Å²) in [5.41, 5.74) is 6.91. The second kappa shape index (κ2) is 8.01. The largest absolute Gasteiger partial charge is 0.496 e. The number of halogens is 2. The molecule has 1 saturated carbocycles. The lowest BCUT2D eigenvalue weighted by Gasteiger charge is -2.18. The summed E-state index contributed by atoms with van der Waals surface area (Å²) < 4.78 is 6.10. The van der Waals surface area contributed by atoms with Gasteiger partial charge in [0.25, 0.3) is 0 Å². The van der Waals surface area contributed by atoms with E-state index in [4.69, 9.17) is 10.5 Å². The van der Waals surface area contributed by atoms with Crippen LogP contribution in [0.3, 0.4) is 0 Å². The minimum absolute atomic E-state index is 0. The first kappa shape index (κ1) is 18.3. The zero-order valence-corrected chi connectivity index (χ0v) is 14.7. The summed E-state index contributed by atoms with van der Waals surface area (Å²) in [4.78, 5) is 12.2. The molecule has 1 aliphatic carbocycles. The summed E-state index contributed by atoms with van der Waals surface area (Å²) in [6, 6.07) is 5.99. The van der Waals surface area contributed by atoms with Gasteiger partial charge in [-0.15, -0.1) is 12.4 Å². The van der Waals surface area contributed by atoms with Crippen LogP contribution in [0, 0.1) is 5.92 Å². The second-order valence-electron chi connectivity index (χ2n) is 5.39. The van der Waals surface area contributed by atoms with Crippen LogP contribution in [0.25, 0.3) is 0 Å². The molecule has 0 radical (unpaired) electrons. The van der Waals surface area contributed by atoms with Crippen molar-refractivity contribution in [3.63, 3.8) is 0 Å². The van der Waals surface area contributed by atoms with Crippen LogP contribution in [0.2, 0.25) is 0 Å². The molecule has 3 N–H and O–H groups in total. The number of hydrogen-bond acceptors (Lipinski definition) is 3. The van der Waals surface area contributed by atoms with E-state index in [1.165, 1.54) is 0 Å². The molecule has 0 aliphatic heterocycles. The Kier molecular flexibility index (Phi) is 6.97. The maximum Gasteiger partial charge on any atom is 0.223 e. The highest BCUT2D eigenvalue weighted by atomic mass is 79.9. The van der Waals surface area contributed by atoms with Crippen molar-refractivity contribution in [3.8, 4) is 5.75 Å². The number of methoxy groups -OCH3 is 1. The Morgan fingerprint density at radius 2 is 2.19 bits per heavy atom. The molecular weight excluding hydrogens is 356 g/mol. The molecule has 0 heterocycles. The van der Waals surface area contributed by atoms with Gasteiger partial charge in [0.05, 0.1) is 17.6 Å². The molecule has 3 atom stereocenters. The Labute approximate surface area is 140 Å². The molecule has 0 spiro atoms. The highest BCUT2D eigenvalue weighted by Crippen LogP contribution is 2.29. The third-order valence-corrected chi connectivity index (χ3v) is 4.50. The van der Waals surface area contributed by atoms with E-state index in [0.717, 1.165) is 35.0 Å². The zero-order chi connectivity index (χ0) is 14.7. The van der Waals surface area contributed by atoms with Crippen molar-refractivity contribution < 1.29 is 9.53 Å². The summed E-state index contributed by atoms with van der Waals surface area (Å²) in [5.74, 6) is 0.959. The van der Waals surface area contributed by atoms with Crippen LogP contribution in [-0.4, -0.2) is 19.1 Å². The fraction of sp³-hybridized carbons (Fsp3) is 0.533. The van der Waals surface area contributed by atoms with Gasteiger partial charge in [0.1, 0.15) is 5.75 Å². The minimum Gasteiger partial charge on any atom is -0.496 e. The van der Waals surface area contributed by atoms with Gasteiger partial charge in [-0.1, -0.05) is 6.07 Å².